The molecule has 0 amide bonds. The lowest BCUT2D eigenvalue weighted by Gasteiger charge is -2.08. The molecule has 244 valence electrons. The molecule has 0 aliphatic carbocycles. The molecule has 1 rings (SSSR count). The number of hydrogen-bond donors (Lipinski definition) is 0. The zero-order valence-corrected chi connectivity index (χ0v) is 26.5. The Labute approximate surface area is 256 Å². The monoisotopic (exact) mass is 596 g/mol. The number of carbonyl (C=O) groups is 1. The van der Waals surface area contributed by atoms with E-state index < -0.39 is 0 Å². The van der Waals surface area contributed by atoms with E-state index in [9.17, 15) is 4.79 Å². The summed E-state index contributed by atoms with van der Waals surface area (Å²) in [6.45, 7) is 9.00. The Bertz CT molecular complexity index is 673. The van der Waals surface area contributed by atoms with E-state index in [2.05, 4.69) is 6.92 Å². The van der Waals surface area contributed by atoms with Crippen molar-refractivity contribution in [2.75, 3.05) is 85.9 Å². The minimum absolute atomic E-state index is 0.217. The van der Waals surface area contributed by atoms with Crippen molar-refractivity contribution in [2.24, 2.45) is 0 Å². The summed E-state index contributed by atoms with van der Waals surface area (Å²) in [5.74, 6) is -0.343. The van der Waals surface area contributed by atoms with Gasteiger partial charge in [0.2, 0.25) is 0 Å². The van der Waals surface area contributed by atoms with Crippen molar-refractivity contribution in [1.82, 2.24) is 0 Å². The summed E-state index contributed by atoms with van der Waals surface area (Å²) in [7, 11) is 0. The Morgan fingerprint density at radius 2 is 0.762 bits per heavy atom. The molecule has 1 aromatic carbocycles. The first kappa shape index (κ1) is 38.5. The van der Waals surface area contributed by atoms with Crippen LogP contribution in [0.2, 0.25) is 0 Å². The van der Waals surface area contributed by atoms with Crippen LogP contribution in [0, 0.1) is 0 Å². The zero-order valence-electron chi connectivity index (χ0n) is 26.5. The van der Waals surface area contributed by atoms with E-state index in [4.69, 9.17) is 33.2 Å². The van der Waals surface area contributed by atoms with E-state index in [1.165, 1.54) is 77.0 Å². The molecule has 0 heterocycles. The van der Waals surface area contributed by atoms with Gasteiger partial charge in [0.05, 0.1) is 78.2 Å². The summed E-state index contributed by atoms with van der Waals surface area (Å²) in [5.41, 5.74) is 0.537. The Hall–Kier alpha value is -1.55. The van der Waals surface area contributed by atoms with E-state index in [1.54, 1.807) is 24.3 Å². The number of benzene rings is 1. The van der Waals surface area contributed by atoms with Crippen molar-refractivity contribution in [3.8, 4) is 0 Å². The molecular weight excluding hydrogens is 536 g/mol. The maximum Gasteiger partial charge on any atom is 0.338 e. The molecule has 0 aromatic heterocycles. The Morgan fingerprint density at radius 1 is 0.429 bits per heavy atom. The van der Waals surface area contributed by atoms with Crippen LogP contribution >= 0.6 is 0 Å². The summed E-state index contributed by atoms with van der Waals surface area (Å²) in [5, 5.41) is 0. The van der Waals surface area contributed by atoms with Gasteiger partial charge in [0.15, 0.2) is 0 Å². The van der Waals surface area contributed by atoms with Crippen LogP contribution in [-0.4, -0.2) is 91.9 Å². The van der Waals surface area contributed by atoms with Crippen LogP contribution < -0.4 is 0 Å². The third kappa shape index (κ3) is 27.3. The van der Waals surface area contributed by atoms with Gasteiger partial charge in [-0.3, -0.25) is 0 Å². The zero-order chi connectivity index (χ0) is 30.0. The molecular formula is C34H60O8. The van der Waals surface area contributed by atoms with Crippen molar-refractivity contribution >= 4 is 5.97 Å². The second-order valence-electron chi connectivity index (χ2n) is 10.4. The van der Waals surface area contributed by atoms with Gasteiger partial charge >= 0.3 is 5.97 Å². The maximum absolute atomic E-state index is 11.8. The molecule has 0 aliphatic heterocycles. The second-order valence-corrected chi connectivity index (χ2v) is 10.4. The van der Waals surface area contributed by atoms with Crippen LogP contribution in [0.1, 0.15) is 101 Å². The number of esters is 1. The standard InChI is InChI=1S/C34H60O8/c1-2-3-4-5-6-7-8-9-10-11-12-13-17-20-36-21-22-37-23-24-38-25-26-39-27-28-40-29-30-41-31-32-42-34(35)33-18-15-14-16-19-33/h14-16,18-19H,2-13,17,20-32H2,1H3. The molecule has 42 heavy (non-hydrogen) atoms. The minimum Gasteiger partial charge on any atom is -0.460 e. The SMILES string of the molecule is CCCCCCCCCCCCCCCOCCOCCOCCOCCOCCOCCOC(=O)c1ccccc1. The second kappa shape index (κ2) is 32.4. The number of carbonyl (C=O) groups excluding carboxylic acids is 1. The molecule has 0 spiro atoms. The third-order valence-electron chi connectivity index (χ3n) is 6.72. The molecule has 0 saturated heterocycles. The van der Waals surface area contributed by atoms with Gasteiger partial charge < -0.3 is 33.2 Å². The maximum atomic E-state index is 11.8. The van der Waals surface area contributed by atoms with Gasteiger partial charge in [-0.15, -0.1) is 0 Å². The van der Waals surface area contributed by atoms with Crippen LogP contribution in [0.5, 0.6) is 0 Å². The van der Waals surface area contributed by atoms with Gasteiger partial charge in [0, 0.05) is 6.61 Å². The van der Waals surface area contributed by atoms with Crippen LogP contribution in [0.15, 0.2) is 30.3 Å². The van der Waals surface area contributed by atoms with Crippen LogP contribution in [0.25, 0.3) is 0 Å². The highest BCUT2D eigenvalue weighted by atomic mass is 16.6. The molecule has 0 unspecified atom stereocenters. The van der Waals surface area contributed by atoms with Crippen molar-refractivity contribution < 1.29 is 38.0 Å². The molecule has 0 radical (unpaired) electrons. The number of rotatable bonds is 33. The smallest absolute Gasteiger partial charge is 0.338 e. The Morgan fingerprint density at radius 3 is 1.17 bits per heavy atom. The third-order valence-corrected chi connectivity index (χ3v) is 6.72. The predicted molar refractivity (Wildman–Crippen MR) is 167 cm³/mol. The number of ether oxygens (including phenoxy) is 7. The minimum atomic E-state index is -0.343. The average molecular weight is 597 g/mol. The van der Waals surface area contributed by atoms with Crippen molar-refractivity contribution in [3.63, 3.8) is 0 Å². The number of hydrogen-bond acceptors (Lipinski definition) is 8. The Balaban J connectivity index is 1.64. The first-order valence-electron chi connectivity index (χ1n) is 16.5. The summed E-state index contributed by atoms with van der Waals surface area (Å²) in [6, 6.07) is 8.90. The van der Waals surface area contributed by atoms with Gasteiger partial charge in [0.25, 0.3) is 0 Å². The fraction of sp³-hybridized carbons (Fsp3) is 0.794. The quantitative estimate of drug-likeness (QED) is 0.0632. The lowest BCUT2D eigenvalue weighted by molar-refractivity contribution is -0.0194. The first-order valence-corrected chi connectivity index (χ1v) is 16.5. The van der Waals surface area contributed by atoms with E-state index in [1.807, 2.05) is 6.07 Å². The summed E-state index contributed by atoms with van der Waals surface area (Å²) in [6.07, 6.45) is 17.8. The van der Waals surface area contributed by atoms with Crippen molar-refractivity contribution in [3.05, 3.63) is 35.9 Å². The fourth-order valence-electron chi connectivity index (χ4n) is 4.27. The normalized spacial score (nSPS) is 11.3. The first-order chi connectivity index (χ1) is 20.8. The van der Waals surface area contributed by atoms with Gasteiger partial charge in [-0.25, -0.2) is 4.79 Å². The molecule has 0 N–H and O–H groups in total. The molecule has 0 fully saturated rings. The highest BCUT2D eigenvalue weighted by Gasteiger charge is 2.05. The molecule has 8 heteroatoms. The van der Waals surface area contributed by atoms with Crippen LogP contribution in [-0.2, 0) is 33.2 Å². The van der Waals surface area contributed by atoms with Crippen molar-refractivity contribution in [1.29, 1.82) is 0 Å². The predicted octanol–water partition coefficient (Wildman–Crippen LogP) is 7.03. The lowest BCUT2D eigenvalue weighted by Crippen LogP contribution is -2.15. The van der Waals surface area contributed by atoms with Gasteiger partial charge in [-0.1, -0.05) is 102 Å². The number of unbranched alkanes of at least 4 members (excludes halogenated alkanes) is 12. The summed E-state index contributed by atoms with van der Waals surface area (Å²) in [4.78, 5) is 11.8. The average Bonchev–Trinajstić information content (AvgIpc) is 3.02. The molecule has 0 bridgehead atoms. The van der Waals surface area contributed by atoms with Gasteiger partial charge in [-0.2, -0.15) is 0 Å². The molecule has 8 nitrogen and oxygen atoms in total. The molecule has 1 aromatic rings. The van der Waals surface area contributed by atoms with E-state index in [-0.39, 0.29) is 12.6 Å². The largest absolute Gasteiger partial charge is 0.460 e. The highest BCUT2D eigenvalue weighted by molar-refractivity contribution is 5.89. The molecule has 0 aliphatic rings. The fourth-order valence-corrected chi connectivity index (χ4v) is 4.27. The highest BCUT2D eigenvalue weighted by Crippen LogP contribution is 2.12. The van der Waals surface area contributed by atoms with Crippen LogP contribution in [0.4, 0.5) is 0 Å². The van der Waals surface area contributed by atoms with Crippen LogP contribution in [0.3, 0.4) is 0 Å². The molecule has 0 saturated carbocycles. The van der Waals surface area contributed by atoms with E-state index >= 15 is 0 Å². The van der Waals surface area contributed by atoms with Crippen molar-refractivity contribution in [2.45, 2.75) is 90.4 Å². The summed E-state index contributed by atoms with van der Waals surface area (Å²) < 4.78 is 38.2. The van der Waals surface area contributed by atoms with Gasteiger partial charge in [0.1, 0.15) is 6.61 Å². The van der Waals surface area contributed by atoms with Gasteiger partial charge in [-0.05, 0) is 18.6 Å². The Kier molecular flexibility index (Phi) is 29.6. The van der Waals surface area contributed by atoms with E-state index in [0.717, 1.165) is 13.0 Å². The topological polar surface area (TPSA) is 81.7 Å². The van der Waals surface area contributed by atoms with E-state index in [0.29, 0.717) is 78.2 Å². The summed E-state index contributed by atoms with van der Waals surface area (Å²) >= 11 is 0. The molecule has 0 atom stereocenters. The lowest BCUT2D eigenvalue weighted by atomic mass is 10.0.